The van der Waals surface area contributed by atoms with Gasteiger partial charge in [0.25, 0.3) is 5.91 Å². The number of amides is 1. The van der Waals surface area contributed by atoms with Crippen molar-refractivity contribution in [3.8, 4) is 16.9 Å². The lowest BCUT2D eigenvalue weighted by molar-refractivity contribution is -0.119. The molecule has 5 heteroatoms. The number of ether oxygens (including phenoxy) is 2. The highest BCUT2D eigenvalue weighted by Crippen LogP contribution is 2.20. The summed E-state index contributed by atoms with van der Waals surface area (Å²) in [6.07, 6.45) is 0. The first kappa shape index (κ1) is 18.2. The predicted octanol–water partition coefficient (Wildman–Crippen LogP) is 3.57. The third-order valence-corrected chi connectivity index (χ3v) is 3.90. The van der Waals surface area contributed by atoms with Gasteiger partial charge in [0.15, 0.2) is 6.61 Å². The Bertz CT molecular complexity index is 903. The highest BCUT2D eigenvalue weighted by molar-refractivity contribution is 5.89. The number of primary amides is 1. The molecule has 3 aromatic rings. The molecule has 0 saturated carbocycles. The maximum absolute atomic E-state index is 12.1. The molecule has 5 nitrogen and oxygen atoms in total. The van der Waals surface area contributed by atoms with E-state index in [2.05, 4.69) is 0 Å². The molecule has 0 saturated heterocycles. The van der Waals surface area contributed by atoms with Gasteiger partial charge in [-0.2, -0.15) is 0 Å². The molecule has 3 aromatic carbocycles. The number of carbonyl (C=O) groups excluding carboxylic acids is 2. The summed E-state index contributed by atoms with van der Waals surface area (Å²) in [6, 6.07) is 24.3. The Kier molecular flexibility index (Phi) is 5.84. The minimum absolute atomic E-state index is 0.188. The zero-order valence-corrected chi connectivity index (χ0v) is 14.6. The van der Waals surface area contributed by atoms with Crippen LogP contribution < -0.4 is 10.5 Å². The van der Waals surface area contributed by atoms with Crippen LogP contribution in [0.1, 0.15) is 15.9 Å². The Morgan fingerprint density at radius 3 is 2.04 bits per heavy atom. The van der Waals surface area contributed by atoms with Gasteiger partial charge in [-0.05, 0) is 41.0 Å². The molecule has 0 aliphatic rings. The van der Waals surface area contributed by atoms with Crippen molar-refractivity contribution in [3.63, 3.8) is 0 Å². The van der Waals surface area contributed by atoms with Crippen LogP contribution in [0.5, 0.6) is 5.75 Å². The van der Waals surface area contributed by atoms with E-state index in [1.165, 1.54) is 0 Å². The van der Waals surface area contributed by atoms with Crippen molar-refractivity contribution in [3.05, 3.63) is 90.0 Å². The summed E-state index contributed by atoms with van der Waals surface area (Å²) in [6.45, 7) is -0.0173. The summed E-state index contributed by atoms with van der Waals surface area (Å²) >= 11 is 0. The van der Waals surface area contributed by atoms with Crippen LogP contribution >= 0.6 is 0 Å². The number of benzene rings is 3. The summed E-state index contributed by atoms with van der Waals surface area (Å²) in [5, 5.41) is 0. The van der Waals surface area contributed by atoms with Crippen LogP contribution in [0.15, 0.2) is 78.9 Å². The van der Waals surface area contributed by atoms with Crippen molar-refractivity contribution in [2.24, 2.45) is 5.73 Å². The summed E-state index contributed by atoms with van der Waals surface area (Å²) in [7, 11) is 0. The van der Waals surface area contributed by atoms with E-state index in [-0.39, 0.29) is 13.2 Å². The molecule has 0 atom stereocenters. The fraction of sp³-hybridized carbons (Fsp3) is 0.0909. The number of hydrogen-bond donors (Lipinski definition) is 1. The molecule has 0 aliphatic heterocycles. The van der Waals surface area contributed by atoms with Gasteiger partial charge in [-0.1, -0.05) is 54.6 Å². The fourth-order valence-corrected chi connectivity index (χ4v) is 2.50. The van der Waals surface area contributed by atoms with Crippen molar-refractivity contribution in [2.75, 3.05) is 6.61 Å². The van der Waals surface area contributed by atoms with Crippen LogP contribution in [0.4, 0.5) is 0 Å². The lowest BCUT2D eigenvalue weighted by Gasteiger charge is -2.08. The highest BCUT2D eigenvalue weighted by Gasteiger charge is 2.08. The zero-order valence-electron chi connectivity index (χ0n) is 14.6. The predicted molar refractivity (Wildman–Crippen MR) is 102 cm³/mol. The van der Waals surface area contributed by atoms with Crippen LogP contribution in [0.3, 0.4) is 0 Å². The van der Waals surface area contributed by atoms with Crippen molar-refractivity contribution in [2.45, 2.75) is 6.61 Å². The monoisotopic (exact) mass is 361 g/mol. The number of nitrogens with two attached hydrogens (primary N) is 1. The Morgan fingerprint density at radius 2 is 1.41 bits per heavy atom. The van der Waals surface area contributed by atoms with Crippen molar-refractivity contribution in [1.29, 1.82) is 0 Å². The molecule has 0 radical (unpaired) electrons. The number of hydrogen-bond acceptors (Lipinski definition) is 4. The maximum atomic E-state index is 12.1. The number of esters is 1. The van der Waals surface area contributed by atoms with E-state index in [9.17, 15) is 9.59 Å². The summed E-state index contributed by atoms with van der Waals surface area (Å²) in [4.78, 5) is 22.8. The molecule has 0 aromatic heterocycles. The molecule has 3 rings (SSSR count). The van der Waals surface area contributed by atoms with Gasteiger partial charge >= 0.3 is 5.97 Å². The molecule has 1 amide bonds. The van der Waals surface area contributed by atoms with Gasteiger partial charge in [0.2, 0.25) is 0 Å². The Labute approximate surface area is 157 Å². The Balaban J connectivity index is 1.55. The van der Waals surface area contributed by atoms with Gasteiger partial charge in [-0.3, -0.25) is 4.79 Å². The van der Waals surface area contributed by atoms with Crippen LogP contribution in [0.25, 0.3) is 11.1 Å². The molecule has 0 aliphatic carbocycles. The second kappa shape index (κ2) is 8.67. The Morgan fingerprint density at radius 1 is 0.778 bits per heavy atom. The SMILES string of the molecule is NC(=O)COc1ccc(C(=O)OCc2ccc(-c3ccccc3)cc2)cc1. The van der Waals surface area contributed by atoms with Gasteiger partial charge in [-0.25, -0.2) is 4.79 Å². The van der Waals surface area contributed by atoms with Crippen molar-refractivity contribution in [1.82, 2.24) is 0 Å². The second-order valence-corrected chi connectivity index (χ2v) is 5.92. The molecule has 2 N–H and O–H groups in total. The topological polar surface area (TPSA) is 78.6 Å². The Hall–Kier alpha value is -3.60. The normalized spacial score (nSPS) is 10.2. The molecule has 0 spiro atoms. The molecular formula is C22H19NO4. The standard InChI is InChI=1S/C22H19NO4/c23-21(24)15-26-20-12-10-19(11-13-20)22(25)27-14-16-6-8-18(9-7-16)17-4-2-1-3-5-17/h1-13H,14-15H2,(H2,23,24). The van der Waals surface area contributed by atoms with Gasteiger partial charge in [0.1, 0.15) is 12.4 Å². The minimum atomic E-state index is -0.559. The first-order chi connectivity index (χ1) is 13.1. The third kappa shape index (κ3) is 5.19. The average Bonchev–Trinajstić information content (AvgIpc) is 2.72. The van der Waals surface area contributed by atoms with E-state index < -0.39 is 11.9 Å². The van der Waals surface area contributed by atoms with Crippen LogP contribution in [0.2, 0.25) is 0 Å². The van der Waals surface area contributed by atoms with Gasteiger partial charge in [0, 0.05) is 0 Å². The number of carbonyl (C=O) groups is 2. The van der Waals surface area contributed by atoms with E-state index >= 15 is 0 Å². The summed E-state index contributed by atoms with van der Waals surface area (Å²) in [5.41, 5.74) is 8.58. The van der Waals surface area contributed by atoms with Gasteiger partial charge in [-0.15, -0.1) is 0 Å². The average molecular weight is 361 g/mol. The van der Waals surface area contributed by atoms with Crippen LogP contribution in [0, 0.1) is 0 Å². The molecule has 136 valence electrons. The van der Waals surface area contributed by atoms with Crippen molar-refractivity contribution >= 4 is 11.9 Å². The largest absolute Gasteiger partial charge is 0.484 e. The fourth-order valence-electron chi connectivity index (χ4n) is 2.50. The third-order valence-electron chi connectivity index (χ3n) is 3.90. The lowest BCUT2D eigenvalue weighted by Crippen LogP contribution is -2.20. The molecule has 0 heterocycles. The van der Waals surface area contributed by atoms with E-state index in [0.717, 1.165) is 16.7 Å². The van der Waals surface area contributed by atoms with Gasteiger partial charge in [0.05, 0.1) is 5.56 Å². The van der Waals surface area contributed by atoms with Crippen LogP contribution in [-0.4, -0.2) is 18.5 Å². The van der Waals surface area contributed by atoms with Crippen LogP contribution in [-0.2, 0) is 16.1 Å². The maximum Gasteiger partial charge on any atom is 0.338 e. The van der Waals surface area contributed by atoms with E-state index in [0.29, 0.717) is 11.3 Å². The minimum Gasteiger partial charge on any atom is -0.484 e. The quantitative estimate of drug-likeness (QED) is 0.653. The van der Waals surface area contributed by atoms with Crippen molar-refractivity contribution < 1.29 is 19.1 Å². The number of rotatable bonds is 7. The van der Waals surface area contributed by atoms with E-state index in [1.807, 2.05) is 54.6 Å². The molecule has 0 fully saturated rings. The van der Waals surface area contributed by atoms with E-state index in [1.54, 1.807) is 24.3 Å². The van der Waals surface area contributed by atoms with E-state index in [4.69, 9.17) is 15.2 Å². The molecular weight excluding hydrogens is 342 g/mol. The molecule has 0 unspecified atom stereocenters. The lowest BCUT2D eigenvalue weighted by atomic mass is 10.0. The molecule has 0 bridgehead atoms. The zero-order chi connectivity index (χ0) is 19.1. The highest BCUT2D eigenvalue weighted by atomic mass is 16.5. The summed E-state index contributed by atoms with van der Waals surface area (Å²) in [5.74, 6) is -0.526. The first-order valence-corrected chi connectivity index (χ1v) is 8.44. The summed E-state index contributed by atoms with van der Waals surface area (Å²) < 4.78 is 10.5. The smallest absolute Gasteiger partial charge is 0.338 e. The van der Waals surface area contributed by atoms with Gasteiger partial charge < -0.3 is 15.2 Å². The molecule has 27 heavy (non-hydrogen) atoms. The second-order valence-electron chi connectivity index (χ2n) is 5.92. The first-order valence-electron chi connectivity index (χ1n) is 8.44.